The number of nitrogens with one attached hydrogen (secondary N) is 1. The molecule has 2 heteroatoms. The second-order valence-electron chi connectivity index (χ2n) is 3.00. The lowest BCUT2D eigenvalue weighted by Gasteiger charge is -2.02. The fraction of sp³-hybridized carbons (Fsp3) is 0.800. The molecule has 0 aliphatic rings. The first-order chi connectivity index (χ1) is 5.81. The molecule has 0 aliphatic heterocycles. The number of ether oxygens (including phenoxy) is 1. The zero-order valence-electron chi connectivity index (χ0n) is 8.52. The third-order valence-corrected chi connectivity index (χ3v) is 1.57. The predicted molar refractivity (Wildman–Crippen MR) is 53.4 cm³/mol. The van der Waals surface area contributed by atoms with Gasteiger partial charge in [0.05, 0.1) is 6.61 Å². The van der Waals surface area contributed by atoms with Crippen molar-refractivity contribution in [2.45, 2.75) is 26.7 Å². The van der Waals surface area contributed by atoms with Crippen molar-refractivity contribution in [3.8, 4) is 0 Å². The molecule has 0 aromatic rings. The first-order valence-electron chi connectivity index (χ1n) is 4.69. The smallest absolute Gasteiger partial charge is 0.0674 e. The van der Waals surface area contributed by atoms with Crippen LogP contribution in [0.15, 0.2) is 11.6 Å². The summed E-state index contributed by atoms with van der Waals surface area (Å²) in [6, 6.07) is 0. The van der Waals surface area contributed by atoms with E-state index in [1.54, 1.807) is 0 Å². The Morgan fingerprint density at radius 1 is 1.50 bits per heavy atom. The SMILES string of the molecule is CCCOCC(C)=CCCNC. The maximum absolute atomic E-state index is 5.39. The summed E-state index contributed by atoms with van der Waals surface area (Å²) in [6.07, 6.45) is 4.42. The lowest BCUT2D eigenvalue weighted by molar-refractivity contribution is 0.156. The summed E-state index contributed by atoms with van der Waals surface area (Å²) < 4.78 is 5.39. The van der Waals surface area contributed by atoms with Crippen LogP contribution in [0.4, 0.5) is 0 Å². The molecule has 0 bridgehead atoms. The Morgan fingerprint density at radius 3 is 2.83 bits per heavy atom. The van der Waals surface area contributed by atoms with Crippen molar-refractivity contribution in [2.24, 2.45) is 0 Å². The van der Waals surface area contributed by atoms with Crippen LogP contribution in [0.3, 0.4) is 0 Å². The number of rotatable bonds is 7. The molecule has 1 N–H and O–H groups in total. The Balaban J connectivity index is 3.29. The Kier molecular flexibility index (Phi) is 8.51. The molecule has 0 aromatic heterocycles. The molecule has 0 aliphatic carbocycles. The minimum absolute atomic E-state index is 0.789. The molecule has 0 amide bonds. The molecule has 0 radical (unpaired) electrons. The molecule has 0 heterocycles. The molecule has 0 saturated heterocycles. The van der Waals surface area contributed by atoms with E-state index >= 15 is 0 Å². The zero-order valence-corrected chi connectivity index (χ0v) is 8.52. The van der Waals surface area contributed by atoms with E-state index in [1.807, 2.05) is 7.05 Å². The lowest BCUT2D eigenvalue weighted by Crippen LogP contribution is -2.06. The molecule has 0 rings (SSSR count). The van der Waals surface area contributed by atoms with Crippen LogP contribution in [0.25, 0.3) is 0 Å². The van der Waals surface area contributed by atoms with Gasteiger partial charge >= 0.3 is 0 Å². The van der Waals surface area contributed by atoms with E-state index in [2.05, 4.69) is 25.2 Å². The Hall–Kier alpha value is -0.340. The van der Waals surface area contributed by atoms with Crippen LogP contribution in [0.2, 0.25) is 0 Å². The van der Waals surface area contributed by atoms with E-state index in [9.17, 15) is 0 Å². The van der Waals surface area contributed by atoms with Gasteiger partial charge in [0.1, 0.15) is 0 Å². The van der Waals surface area contributed by atoms with Crippen LogP contribution in [0.1, 0.15) is 26.7 Å². The normalized spacial score (nSPS) is 12.1. The largest absolute Gasteiger partial charge is 0.377 e. The molecule has 12 heavy (non-hydrogen) atoms. The van der Waals surface area contributed by atoms with Crippen LogP contribution in [0, 0.1) is 0 Å². The molecular weight excluding hydrogens is 150 g/mol. The van der Waals surface area contributed by atoms with Crippen LogP contribution in [0.5, 0.6) is 0 Å². The number of hydrogen-bond donors (Lipinski definition) is 1. The molecule has 0 saturated carbocycles. The topological polar surface area (TPSA) is 21.3 Å². The van der Waals surface area contributed by atoms with Gasteiger partial charge in [-0.3, -0.25) is 0 Å². The quantitative estimate of drug-likeness (QED) is 0.467. The first-order valence-corrected chi connectivity index (χ1v) is 4.69. The first kappa shape index (κ1) is 11.7. The standard InChI is InChI=1S/C10H21NO/c1-4-8-12-9-10(2)6-5-7-11-3/h6,11H,4-5,7-9H2,1-3H3. The molecule has 2 nitrogen and oxygen atoms in total. The highest BCUT2D eigenvalue weighted by Gasteiger charge is 1.88. The van der Waals surface area contributed by atoms with Gasteiger partial charge in [-0.2, -0.15) is 0 Å². The van der Waals surface area contributed by atoms with E-state index in [-0.39, 0.29) is 0 Å². The highest BCUT2D eigenvalue weighted by atomic mass is 16.5. The molecule has 0 fully saturated rings. The van der Waals surface area contributed by atoms with Crippen molar-refractivity contribution in [1.82, 2.24) is 5.32 Å². The average molecular weight is 171 g/mol. The minimum atomic E-state index is 0.789. The van der Waals surface area contributed by atoms with E-state index in [0.717, 1.165) is 32.6 Å². The van der Waals surface area contributed by atoms with E-state index in [0.29, 0.717) is 0 Å². The van der Waals surface area contributed by atoms with E-state index < -0.39 is 0 Å². The van der Waals surface area contributed by atoms with Gasteiger partial charge in [0.25, 0.3) is 0 Å². The molecule has 0 unspecified atom stereocenters. The van der Waals surface area contributed by atoms with E-state index in [4.69, 9.17) is 4.74 Å². The summed E-state index contributed by atoms with van der Waals surface area (Å²) in [5.74, 6) is 0. The average Bonchev–Trinajstić information content (AvgIpc) is 2.06. The fourth-order valence-electron chi connectivity index (χ4n) is 0.899. The molecule has 0 spiro atoms. The maximum atomic E-state index is 5.39. The van der Waals surface area contributed by atoms with Crippen LogP contribution in [-0.2, 0) is 4.74 Å². The Morgan fingerprint density at radius 2 is 2.25 bits per heavy atom. The van der Waals surface area contributed by atoms with Gasteiger partial charge in [-0.1, -0.05) is 18.6 Å². The van der Waals surface area contributed by atoms with Crippen LogP contribution >= 0.6 is 0 Å². The van der Waals surface area contributed by atoms with Gasteiger partial charge in [-0.15, -0.1) is 0 Å². The van der Waals surface area contributed by atoms with Crippen molar-refractivity contribution in [3.05, 3.63) is 11.6 Å². The van der Waals surface area contributed by atoms with Crippen LogP contribution in [-0.4, -0.2) is 26.8 Å². The lowest BCUT2D eigenvalue weighted by atomic mass is 10.2. The highest BCUT2D eigenvalue weighted by molar-refractivity contribution is 4.98. The predicted octanol–water partition coefficient (Wildman–Crippen LogP) is 1.97. The third-order valence-electron chi connectivity index (χ3n) is 1.57. The van der Waals surface area contributed by atoms with Gasteiger partial charge in [-0.05, 0) is 33.4 Å². The number of hydrogen-bond acceptors (Lipinski definition) is 2. The Labute approximate surface area is 76.0 Å². The summed E-state index contributed by atoms with van der Waals surface area (Å²) in [5, 5.41) is 3.10. The summed E-state index contributed by atoms with van der Waals surface area (Å²) in [7, 11) is 1.97. The monoisotopic (exact) mass is 171 g/mol. The third kappa shape index (κ3) is 7.76. The molecular formula is C10H21NO. The maximum Gasteiger partial charge on any atom is 0.0674 e. The second kappa shape index (κ2) is 8.75. The molecule has 72 valence electrons. The van der Waals surface area contributed by atoms with Gasteiger partial charge in [0.2, 0.25) is 0 Å². The van der Waals surface area contributed by atoms with Crippen molar-refractivity contribution < 1.29 is 4.74 Å². The fourth-order valence-corrected chi connectivity index (χ4v) is 0.899. The summed E-state index contributed by atoms with van der Waals surface area (Å²) in [5.41, 5.74) is 1.33. The van der Waals surface area contributed by atoms with Gasteiger partial charge in [-0.25, -0.2) is 0 Å². The van der Waals surface area contributed by atoms with Crippen molar-refractivity contribution in [1.29, 1.82) is 0 Å². The summed E-state index contributed by atoms with van der Waals surface area (Å²) in [6.45, 7) is 6.95. The van der Waals surface area contributed by atoms with Gasteiger partial charge in [0, 0.05) is 6.61 Å². The minimum Gasteiger partial charge on any atom is -0.377 e. The van der Waals surface area contributed by atoms with Crippen molar-refractivity contribution >= 4 is 0 Å². The summed E-state index contributed by atoms with van der Waals surface area (Å²) in [4.78, 5) is 0. The summed E-state index contributed by atoms with van der Waals surface area (Å²) >= 11 is 0. The second-order valence-corrected chi connectivity index (χ2v) is 3.00. The molecule has 0 atom stereocenters. The highest BCUT2D eigenvalue weighted by Crippen LogP contribution is 1.96. The molecule has 0 aromatic carbocycles. The van der Waals surface area contributed by atoms with Crippen molar-refractivity contribution in [2.75, 3.05) is 26.8 Å². The van der Waals surface area contributed by atoms with Crippen molar-refractivity contribution in [3.63, 3.8) is 0 Å². The van der Waals surface area contributed by atoms with Gasteiger partial charge < -0.3 is 10.1 Å². The van der Waals surface area contributed by atoms with Crippen LogP contribution < -0.4 is 5.32 Å². The Bertz CT molecular complexity index is 121. The van der Waals surface area contributed by atoms with E-state index in [1.165, 1.54) is 5.57 Å². The zero-order chi connectivity index (χ0) is 9.23. The van der Waals surface area contributed by atoms with Gasteiger partial charge in [0.15, 0.2) is 0 Å².